The molecule has 2 rings (SSSR count). The molecule has 0 saturated carbocycles. The average Bonchev–Trinajstić information content (AvgIpc) is 2.99. The van der Waals surface area contributed by atoms with Gasteiger partial charge in [0.15, 0.2) is 0 Å². The number of carboxylic acid groups (broad SMARTS) is 1. The molecule has 0 aliphatic carbocycles. The number of amides is 3. The number of aliphatic hydroxyl groups is 1. The molecule has 0 radical (unpaired) electrons. The van der Waals surface area contributed by atoms with E-state index in [4.69, 9.17) is 9.84 Å². The fourth-order valence-electron chi connectivity index (χ4n) is 3.38. The number of benzene rings is 1. The van der Waals surface area contributed by atoms with Crippen molar-refractivity contribution in [3.63, 3.8) is 0 Å². The van der Waals surface area contributed by atoms with E-state index in [-0.39, 0.29) is 31.7 Å². The molecule has 0 spiro atoms. The van der Waals surface area contributed by atoms with Crippen LogP contribution in [0.4, 0.5) is 18.0 Å². The quantitative estimate of drug-likeness (QED) is 0.308. The largest absolute Gasteiger partial charge is 0.491 e. The van der Waals surface area contributed by atoms with Gasteiger partial charge in [0, 0.05) is 13.0 Å². The second kappa shape index (κ2) is 11.7. The summed E-state index contributed by atoms with van der Waals surface area (Å²) in [4.78, 5) is 35.9. The van der Waals surface area contributed by atoms with E-state index >= 15 is 0 Å². The fourth-order valence-corrected chi connectivity index (χ4v) is 3.38. The van der Waals surface area contributed by atoms with Crippen molar-refractivity contribution < 1.29 is 42.5 Å². The summed E-state index contributed by atoms with van der Waals surface area (Å²) in [6, 6.07) is 3.08. The Morgan fingerprint density at radius 1 is 1.19 bits per heavy atom. The van der Waals surface area contributed by atoms with Crippen LogP contribution in [-0.4, -0.2) is 58.3 Å². The number of ether oxygens (including phenoxy) is 1. The molecule has 11 heteroatoms. The zero-order valence-electron chi connectivity index (χ0n) is 17.4. The van der Waals surface area contributed by atoms with Crippen molar-refractivity contribution in [3.05, 3.63) is 29.8 Å². The zero-order valence-corrected chi connectivity index (χ0v) is 17.4. The van der Waals surface area contributed by atoms with E-state index in [0.717, 1.165) is 18.6 Å². The smallest absolute Gasteiger partial charge is 0.416 e. The number of hydrogen-bond donors (Lipinski definition) is 3. The van der Waals surface area contributed by atoms with Crippen LogP contribution in [0.1, 0.15) is 50.5 Å². The zero-order chi connectivity index (χ0) is 23.7. The SMILES string of the molecule is O=C(O)CCCCCCC1C(=O)NC(=O)N1CCC(O)COc1cccc(C(F)(F)F)c1. The van der Waals surface area contributed by atoms with Crippen molar-refractivity contribution in [2.45, 2.75) is 63.3 Å². The Morgan fingerprint density at radius 2 is 1.91 bits per heavy atom. The lowest BCUT2D eigenvalue weighted by Gasteiger charge is -2.23. The molecule has 178 valence electrons. The number of hydrogen-bond acceptors (Lipinski definition) is 5. The lowest BCUT2D eigenvalue weighted by Crippen LogP contribution is -2.37. The van der Waals surface area contributed by atoms with Gasteiger partial charge in [-0.25, -0.2) is 4.79 Å². The lowest BCUT2D eigenvalue weighted by molar-refractivity contribution is -0.138. The number of nitrogens with one attached hydrogen (secondary N) is 1. The summed E-state index contributed by atoms with van der Waals surface area (Å²) in [7, 11) is 0. The predicted octanol–water partition coefficient (Wildman–Crippen LogP) is 3.18. The Balaban J connectivity index is 1.77. The van der Waals surface area contributed by atoms with E-state index in [0.29, 0.717) is 25.7 Å². The van der Waals surface area contributed by atoms with Crippen molar-refractivity contribution in [1.82, 2.24) is 10.2 Å². The van der Waals surface area contributed by atoms with Crippen molar-refractivity contribution >= 4 is 17.9 Å². The molecule has 3 N–H and O–H groups in total. The van der Waals surface area contributed by atoms with Gasteiger partial charge in [-0.15, -0.1) is 0 Å². The first-order valence-corrected chi connectivity index (χ1v) is 10.4. The number of aliphatic carboxylic acids is 1. The van der Waals surface area contributed by atoms with Crippen molar-refractivity contribution in [3.8, 4) is 5.75 Å². The summed E-state index contributed by atoms with van der Waals surface area (Å²) in [5.74, 6) is -1.31. The molecular formula is C21H27F3N2O6. The number of nitrogens with zero attached hydrogens (tertiary/aromatic N) is 1. The Hall–Kier alpha value is -2.82. The van der Waals surface area contributed by atoms with E-state index < -0.39 is 41.8 Å². The number of urea groups is 1. The number of carboxylic acids is 1. The third-order valence-corrected chi connectivity index (χ3v) is 5.10. The molecule has 2 atom stereocenters. The molecule has 1 fully saturated rings. The van der Waals surface area contributed by atoms with Crippen LogP contribution in [-0.2, 0) is 15.8 Å². The van der Waals surface area contributed by atoms with Crippen LogP contribution in [0.25, 0.3) is 0 Å². The fraction of sp³-hybridized carbons (Fsp3) is 0.571. The maximum Gasteiger partial charge on any atom is 0.416 e. The molecule has 3 amide bonds. The molecule has 1 saturated heterocycles. The van der Waals surface area contributed by atoms with Crippen LogP contribution in [0.2, 0.25) is 0 Å². The van der Waals surface area contributed by atoms with Gasteiger partial charge in [-0.2, -0.15) is 13.2 Å². The summed E-state index contributed by atoms with van der Waals surface area (Å²) in [6.07, 6.45) is -2.34. The van der Waals surface area contributed by atoms with Gasteiger partial charge in [-0.1, -0.05) is 25.3 Å². The Bertz CT molecular complexity index is 802. The van der Waals surface area contributed by atoms with E-state index in [2.05, 4.69) is 5.32 Å². The second-order valence-electron chi connectivity index (χ2n) is 7.63. The average molecular weight is 460 g/mol. The summed E-state index contributed by atoms with van der Waals surface area (Å²) in [6.45, 7) is -0.187. The standard InChI is InChI=1S/C21H27F3N2O6/c22-21(23,24)14-6-5-7-16(12-14)32-13-15(27)10-11-26-17(19(30)25-20(26)31)8-3-1-2-4-9-18(28)29/h5-7,12,15,17,27H,1-4,8-11,13H2,(H,28,29)(H,25,30,31). The Labute approximate surface area is 183 Å². The van der Waals surface area contributed by atoms with Gasteiger partial charge in [0.25, 0.3) is 5.91 Å². The molecule has 1 heterocycles. The minimum atomic E-state index is -4.50. The molecule has 1 aliphatic rings. The lowest BCUT2D eigenvalue weighted by atomic mass is 10.1. The second-order valence-corrected chi connectivity index (χ2v) is 7.63. The molecule has 1 aliphatic heterocycles. The molecule has 1 aromatic carbocycles. The van der Waals surface area contributed by atoms with Gasteiger partial charge in [0.05, 0.1) is 11.7 Å². The number of rotatable bonds is 13. The monoisotopic (exact) mass is 460 g/mol. The minimum Gasteiger partial charge on any atom is -0.491 e. The third-order valence-electron chi connectivity index (χ3n) is 5.10. The Kier molecular flexibility index (Phi) is 9.30. The van der Waals surface area contributed by atoms with E-state index in [1.807, 2.05) is 0 Å². The number of imide groups is 1. The van der Waals surface area contributed by atoms with Gasteiger partial charge >= 0.3 is 18.2 Å². The predicted molar refractivity (Wildman–Crippen MR) is 107 cm³/mol. The maximum absolute atomic E-state index is 12.7. The number of aliphatic hydroxyl groups excluding tert-OH is 1. The number of carbonyl (C=O) groups excluding carboxylic acids is 2. The minimum absolute atomic E-state index is 0.0336. The molecule has 0 aromatic heterocycles. The van der Waals surface area contributed by atoms with Gasteiger partial charge in [-0.3, -0.25) is 14.9 Å². The van der Waals surface area contributed by atoms with Crippen LogP contribution in [0.5, 0.6) is 5.75 Å². The molecular weight excluding hydrogens is 433 g/mol. The van der Waals surface area contributed by atoms with E-state index in [9.17, 15) is 32.7 Å². The van der Waals surface area contributed by atoms with Crippen LogP contribution in [0.3, 0.4) is 0 Å². The molecule has 2 unspecified atom stereocenters. The number of unbranched alkanes of at least 4 members (excludes halogenated alkanes) is 3. The highest BCUT2D eigenvalue weighted by Crippen LogP contribution is 2.31. The van der Waals surface area contributed by atoms with Crippen LogP contribution in [0.15, 0.2) is 24.3 Å². The van der Waals surface area contributed by atoms with Gasteiger partial charge in [0.2, 0.25) is 0 Å². The summed E-state index contributed by atoms with van der Waals surface area (Å²) < 4.78 is 43.5. The summed E-state index contributed by atoms with van der Waals surface area (Å²) in [5, 5.41) is 21.0. The Morgan fingerprint density at radius 3 is 2.59 bits per heavy atom. The molecule has 0 bridgehead atoms. The third kappa shape index (κ3) is 8.03. The van der Waals surface area contributed by atoms with Gasteiger partial charge in [0.1, 0.15) is 18.4 Å². The van der Waals surface area contributed by atoms with Gasteiger partial charge in [-0.05, 0) is 37.5 Å². The van der Waals surface area contributed by atoms with Crippen LogP contribution in [0, 0.1) is 0 Å². The highest BCUT2D eigenvalue weighted by Gasteiger charge is 2.37. The number of carbonyl (C=O) groups is 3. The maximum atomic E-state index is 12.7. The van der Waals surface area contributed by atoms with E-state index in [1.165, 1.54) is 17.0 Å². The molecule has 32 heavy (non-hydrogen) atoms. The highest BCUT2D eigenvalue weighted by molar-refractivity contribution is 6.04. The van der Waals surface area contributed by atoms with Crippen molar-refractivity contribution in [1.29, 1.82) is 0 Å². The van der Waals surface area contributed by atoms with Crippen molar-refractivity contribution in [2.75, 3.05) is 13.2 Å². The highest BCUT2D eigenvalue weighted by atomic mass is 19.4. The van der Waals surface area contributed by atoms with Crippen LogP contribution < -0.4 is 10.1 Å². The number of halogens is 3. The summed E-state index contributed by atoms with van der Waals surface area (Å²) in [5.41, 5.74) is -0.859. The first kappa shape index (κ1) is 25.4. The van der Waals surface area contributed by atoms with Crippen molar-refractivity contribution in [2.24, 2.45) is 0 Å². The molecule has 8 nitrogen and oxygen atoms in total. The molecule has 1 aromatic rings. The number of alkyl halides is 3. The van der Waals surface area contributed by atoms with E-state index in [1.54, 1.807) is 0 Å². The van der Waals surface area contributed by atoms with Gasteiger partial charge < -0.3 is 19.8 Å². The normalized spacial score (nSPS) is 17.4. The topological polar surface area (TPSA) is 116 Å². The first-order valence-electron chi connectivity index (χ1n) is 10.4. The first-order chi connectivity index (χ1) is 15.1. The van der Waals surface area contributed by atoms with Crippen LogP contribution >= 0.6 is 0 Å². The summed E-state index contributed by atoms with van der Waals surface area (Å²) >= 11 is 0.